The Morgan fingerprint density at radius 3 is 2.50 bits per heavy atom. The lowest BCUT2D eigenvalue weighted by Gasteiger charge is -2.06. The molecular formula is C12H12N2OS. The van der Waals surface area contributed by atoms with Gasteiger partial charge in [0.1, 0.15) is 0 Å². The first-order valence-electron chi connectivity index (χ1n) is 5.12. The molecule has 0 aliphatic carbocycles. The van der Waals surface area contributed by atoms with Gasteiger partial charge in [-0.25, -0.2) is 0 Å². The minimum absolute atomic E-state index is 0.175. The number of benzene rings is 1. The lowest BCUT2D eigenvalue weighted by molar-refractivity contribution is 0.935. The summed E-state index contributed by atoms with van der Waals surface area (Å²) in [5, 5.41) is 0. The van der Waals surface area contributed by atoms with Gasteiger partial charge in [0.25, 0.3) is 5.56 Å². The fourth-order valence-electron chi connectivity index (χ4n) is 1.51. The van der Waals surface area contributed by atoms with Gasteiger partial charge in [-0.15, -0.1) is 0 Å². The van der Waals surface area contributed by atoms with E-state index in [9.17, 15) is 4.79 Å². The summed E-state index contributed by atoms with van der Waals surface area (Å²) in [6.07, 6.45) is 2.69. The number of aryl methyl sites for hydroxylation is 1. The van der Waals surface area contributed by atoms with Gasteiger partial charge in [-0.2, -0.15) is 0 Å². The van der Waals surface area contributed by atoms with Crippen LogP contribution in [-0.2, 0) is 6.42 Å². The number of hydrogen-bond donors (Lipinski definition) is 1. The maximum absolute atomic E-state index is 11.0. The maximum atomic E-state index is 11.0. The van der Waals surface area contributed by atoms with Gasteiger partial charge in [-0.05, 0) is 36.3 Å². The first-order valence-corrected chi connectivity index (χ1v) is 5.53. The molecule has 0 saturated heterocycles. The fourth-order valence-corrected chi connectivity index (χ4v) is 1.78. The lowest BCUT2D eigenvalue weighted by Crippen LogP contribution is -2.09. The largest absolute Gasteiger partial charge is 0.299 e. The molecule has 0 fully saturated rings. The highest BCUT2D eigenvalue weighted by molar-refractivity contribution is 7.71. The Bertz CT molecular complexity index is 595. The number of rotatable bonds is 2. The summed E-state index contributed by atoms with van der Waals surface area (Å²) in [5.41, 5.74) is 2.06. The first kappa shape index (κ1) is 10.8. The predicted molar refractivity (Wildman–Crippen MR) is 66.6 cm³/mol. The first-order chi connectivity index (χ1) is 7.70. The minimum Gasteiger partial charge on any atom is -0.299 e. The van der Waals surface area contributed by atoms with E-state index in [2.05, 4.69) is 24.0 Å². The molecule has 0 aliphatic heterocycles. The van der Waals surface area contributed by atoms with E-state index in [-0.39, 0.29) is 5.56 Å². The molecule has 0 atom stereocenters. The molecule has 4 heteroatoms. The number of hydrogen-bond acceptors (Lipinski definition) is 2. The van der Waals surface area contributed by atoms with E-state index in [0.717, 1.165) is 12.1 Å². The Balaban J connectivity index is 2.50. The molecule has 0 unspecified atom stereocenters. The van der Waals surface area contributed by atoms with Crippen molar-refractivity contribution in [1.29, 1.82) is 0 Å². The zero-order chi connectivity index (χ0) is 11.5. The van der Waals surface area contributed by atoms with Gasteiger partial charge < -0.3 is 0 Å². The molecule has 1 aromatic heterocycles. The number of aromatic amines is 1. The highest BCUT2D eigenvalue weighted by atomic mass is 32.1. The molecule has 0 radical (unpaired) electrons. The number of aromatic nitrogens is 2. The summed E-state index contributed by atoms with van der Waals surface area (Å²) < 4.78 is 2.19. The number of H-pyrrole nitrogens is 1. The van der Waals surface area contributed by atoms with Gasteiger partial charge in [0, 0.05) is 18.0 Å². The summed E-state index contributed by atoms with van der Waals surface area (Å²) in [7, 11) is 0. The second kappa shape index (κ2) is 4.45. The smallest absolute Gasteiger partial charge is 0.251 e. The van der Waals surface area contributed by atoms with Crippen LogP contribution >= 0.6 is 12.2 Å². The molecule has 1 aromatic carbocycles. The fraction of sp³-hybridized carbons (Fsp3) is 0.167. The molecule has 16 heavy (non-hydrogen) atoms. The zero-order valence-electron chi connectivity index (χ0n) is 8.93. The third-order valence-electron chi connectivity index (χ3n) is 2.45. The van der Waals surface area contributed by atoms with Crippen LogP contribution in [0.4, 0.5) is 0 Å². The molecule has 0 amide bonds. The molecule has 82 valence electrons. The number of nitrogens with zero attached hydrogens (tertiary/aromatic N) is 1. The Labute approximate surface area is 98.4 Å². The molecule has 0 spiro atoms. The second-order valence-corrected chi connectivity index (χ2v) is 3.89. The van der Waals surface area contributed by atoms with Crippen LogP contribution in [0.5, 0.6) is 0 Å². The number of nitrogens with one attached hydrogen (secondary N) is 1. The van der Waals surface area contributed by atoms with Crippen molar-refractivity contribution in [1.82, 2.24) is 9.55 Å². The third-order valence-corrected chi connectivity index (χ3v) is 2.75. The summed E-state index contributed by atoms with van der Waals surface area (Å²) in [6, 6.07) is 9.56. The summed E-state index contributed by atoms with van der Waals surface area (Å²) in [4.78, 5) is 13.6. The SMILES string of the molecule is CCc1ccc(-n2ccc(=O)[nH]c2=S)cc1. The molecule has 3 nitrogen and oxygen atoms in total. The molecular weight excluding hydrogens is 220 g/mol. The maximum Gasteiger partial charge on any atom is 0.251 e. The quantitative estimate of drug-likeness (QED) is 0.808. The predicted octanol–water partition coefficient (Wildman–Crippen LogP) is 2.46. The molecule has 1 heterocycles. The van der Waals surface area contributed by atoms with E-state index < -0.39 is 0 Å². The Kier molecular flexibility index (Phi) is 3.01. The van der Waals surface area contributed by atoms with Gasteiger partial charge in [0.05, 0.1) is 0 Å². The van der Waals surface area contributed by atoms with Crippen LogP contribution < -0.4 is 5.56 Å². The van der Waals surface area contributed by atoms with Crippen LogP contribution in [0, 0.1) is 4.77 Å². The standard InChI is InChI=1S/C12H12N2OS/c1-2-9-3-5-10(6-4-9)14-8-7-11(15)13-12(14)16/h3-8H,2H2,1H3,(H,13,15,16). The van der Waals surface area contributed by atoms with Crippen LogP contribution in [0.2, 0.25) is 0 Å². The molecule has 0 aliphatic rings. The minimum atomic E-state index is -0.175. The van der Waals surface area contributed by atoms with E-state index in [1.54, 1.807) is 10.8 Å². The van der Waals surface area contributed by atoms with Crippen molar-refractivity contribution in [2.75, 3.05) is 0 Å². The normalized spacial score (nSPS) is 10.3. The van der Waals surface area contributed by atoms with Crippen molar-refractivity contribution in [3.05, 3.63) is 57.2 Å². The van der Waals surface area contributed by atoms with Crippen molar-refractivity contribution < 1.29 is 0 Å². The summed E-state index contributed by atoms with van der Waals surface area (Å²) in [5.74, 6) is 0. The Morgan fingerprint density at radius 2 is 1.94 bits per heavy atom. The van der Waals surface area contributed by atoms with Crippen molar-refractivity contribution in [3.8, 4) is 5.69 Å². The molecule has 2 rings (SSSR count). The van der Waals surface area contributed by atoms with Crippen LogP contribution in [-0.4, -0.2) is 9.55 Å². The Morgan fingerprint density at radius 1 is 1.25 bits per heavy atom. The molecule has 0 saturated carbocycles. The van der Waals surface area contributed by atoms with Gasteiger partial charge in [0.2, 0.25) is 0 Å². The van der Waals surface area contributed by atoms with Gasteiger partial charge >= 0.3 is 0 Å². The summed E-state index contributed by atoms with van der Waals surface area (Å²) >= 11 is 5.09. The van der Waals surface area contributed by atoms with Crippen LogP contribution in [0.1, 0.15) is 12.5 Å². The van der Waals surface area contributed by atoms with Crippen molar-refractivity contribution >= 4 is 12.2 Å². The second-order valence-electron chi connectivity index (χ2n) is 3.50. The van der Waals surface area contributed by atoms with Crippen molar-refractivity contribution in [2.24, 2.45) is 0 Å². The molecule has 1 N–H and O–H groups in total. The highest BCUT2D eigenvalue weighted by Crippen LogP contribution is 2.09. The molecule has 0 bridgehead atoms. The average Bonchev–Trinajstić information content (AvgIpc) is 2.29. The van der Waals surface area contributed by atoms with E-state index >= 15 is 0 Å². The third kappa shape index (κ3) is 2.12. The van der Waals surface area contributed by atoms with Crippen molar-refractivity contribution in [3.63, 3.8) is 0 Å². The van der Waals surface area contributed by atoms with Gasteiger partial charge in [-0.1, -0.05) is 19.1 Å². The van der Waals surface area contributed by atoms with Crippen LogP contribution in [0.15, 0.2) is 41.3 Å². The summed E-state index contributed by atoms with van der Waals surface area (Å²) in [6.45, 7) is 2.11. The van der Waals surface area contributed by atoms with Crippen LogP contribution in [0.3, 0.4) is 0 Å². The zero-order valence-corrected chi connectivity index (χ0v) is 9.75. The van der Waals surface area contributed by atoms with E-state index in [1.165, 1.54) is 11.6 Å². The topological polar surface area (TPSA) is 37.8 Å². The Hall–Kier alpha value is -1.68. The van der Waals surface area contributed by atoms with Gasteiger partial charge in [-0.3, -0.25) is 14.3 Å². The van der Waals surface area contributed by atoms with E-state index in [1.807, 2.05) is 12.1 Å². The van der Waals surface area contributed by atoms with Gasteiger partial charge in [0.15, 0.2) is 4.77 Å². The monoisotopic (exact) mass is 232 g/mol. The highest BCUT2D eigenvalue weighted by Gasteiger charge is 1.97. The van der Waals surface area contributed by atoms with E-state index in [0.29, 0.717) is 4.77 Å². The van der Waals surface area contributed by atoms with E-state index in [4.69, 9.17) is 12.2 Å². The van der Waals surface area contributed by atoms with Crippen LogP contribution in [0.25, 0.3) is 5.69 Å². The average molecular weight is 232 g/mol. The lowest BCUT2D eigenvalue weighted by atomic mass is 10.1. The van der Waals surface area contributed by atoms with Crippen molar-refractivity contribution in [2.45, 2.75) is 13.3 Å². The molecule has 2 aromatic rings.